The Balaban J connectivity index is -0.000000180. The topological polar surface area (TPSA) is 15.6 Å². The Bertz CT molecular complexity index is 75.1. The molecule has 3 heteroatoms. The van der Waals surface area contributed by atoms with Gasteiger partial charge in [0.05, 0.1) is 0 Å². The van der Waals surface area contributed by atoms with Gasteiger partial charge >= 0.3 is 19.5 Å². The molecule has 0 aliphatic rings. The van der Waals surface area contributed by atoms with Crippen LogP contribution in [0.5, 0.6) is 0 Å². The van der Waals surface area contributed by atoms with E-state index in [4.69, 9.17) is 0 Å². The molecule has 0 aromatic heterocycles. The second kappa shape index (κ2) is 7.96. The molecule has 0 bridgehead atoms. The molecule has 0 spiro atoms. The number of nitrogens with zero attached hydrogens (tertiary/aromatic N) is 2. The Morgan fingerprint density at radius 3 is 1.78 bits per heavy atom. The molecule has 0 fully saturated rings. The van der Waals surface area contributed by atoms with Crippen molar-refractivity contribution in [2.24, 2.45) is 5.10 Å². The molecular formula is C6H15N2Ru+. The second-order valence-corrected chi connectivity index (χ2v) is 1.68. The second-order valence-electron chi connectivity index (χ2n) is 1.68. The van der Waals surface area contributed by atoms with Crippen molar-refractivity contribution in [2.45, 2.75) is 6.92 Å². The summed E-state index contributed by atoms with van der Waals surface area (Å²) in [5, 5.41) is 5.64. The minimum absolute atomic E-state index is 0. The fourth-order valence-electron chi connectivity index (χ4n) is 0.341. The fraction of sp³-hybridized carbons (Fsp3) is 0.500. The third-order valence-corrected chi connectivity index (χ3v) is 0.371. The predicted octanol–water partition coefficient (Wildman–Crippen LogP) is 0.938. The first-order valence-corrected chi connectivity index (χ1v) is 2.17. The Kier molecular flexibility index (Phi) is 14.1. The number of rotatable bonds is 1. The van der Waals surface area contributed by atoms with Gasteiger partial charge in [-0.2, -0.15) is 0 Å². The van der Waals surface area contributed by atoms with E-state index in [2.05, 4.69) is 12.0 Å². The summed E-state index contributed by atoms with van der Waals surface area (Å²) < 4.78 is 0. The van der Waals surface area contributed by atoms with E-state index in [0.29, 0.717) is 0 Å². The third kappa shape index (κ3) is 18.0. The molecule has 0 atom stereocenters. The van der Waals surface area contributed by atoms with Crippen LogP contribution in [-0.2, 0) is 19.5 Å². The van der Waals surface area contributed by atoms with Crippen LogP contribution in [-0.4, -0.2) is 24.8 Å². The zero-order valence-corrected chi connectivity index (χ0v) is 8.34. The first-order valence-electron chi connectivity index (χ1n) is 2.17. The molecule has 0 saturated heterocycles. The molecule has 0 heterocycles. The molecule has 1 radical (unpaired) electrons. The van der Waals surface area contributed by atoms with Crippen LogP contribution in [0.2, 0.25) is 0 Å². The van der Waals surface area contributed by atoms with Gasteiger partial charge in [-0.3, -0.25) is 0 Å². The van der Waals surface area contributed by atoms with Gasteiger partial charge in [-0.25, -0.2) is 5.10 Å². The Hall–Kier alpha value is -0.0366. The summed E-state index contributed by atoms with van der Waals surface area (Å²) in [6.45, 7) is 5.45. The summed E-state index contributed by atoms with van der Waals surface area (Å²) in [4.78, 5) is 0. The van der Waals surface area contributed by atoms with Crippen LogP contribution in [0.4, 0.5) is 0 Å². The number of hydrazone groups is 1. The average Bonchev–Trinajstić information content (AvgIpc) is 1.27. The summed E-state index contributed by atoms with van der Waals surface area (Å²) in [5.41, 5.74) is 0.838. The standard InChI is InChI=1S/C5H11N2.CH3.Ru.H/c1-5(2)6-7(3)4;;;/h1H2,2-4H3;1H3;;/q2*-1;+3;/b6-5+;;;. The molecule has 0 rings (SSSR count). The Labute approximate surface area is 71.1 Å². The van der Waals surface area contributed by atoms with Crippen molar-refractivity contribution in [3.63, 3.8) is 0 Å². The van der Waals surface area contributed by atoms with E-state index < -0.39 is 0 Å². The molecule has 0 saturated carbocycles. The SMILES string of the molecule is [CH2-]/C(C)=N\N(C)C.[CH3-].[RuH+3]. The quantitative estimate of drug-likeness (QED) is 0.276. The number of hydrogen-bond donors (Lipinski definition) is 0. The molecular weight excluding hydrogens is 201 g/mol. The molecule has 56 valence electrons. The Morgan fingerprint density at radius 2 is 1.78 bits per heavy atom. The average molecular weight is 216 g/mol. The van der Waals surface area contributed by atoms with Crippen molar-refractivity contribution in [3.8, 4) is 0 Å². The van der Waals surface area contributed by atoms with Crippen molar-refractivity contribution in [1.82, 2.24) is 5.01 Å². The van der Waals surface area contributed by atoms with Crippen LogP contribution in [0.3, 0.4) is 0 Å². The fourth-order valence-corrected chi connectivity index (χ4v) is 0.341. The maximum absolute atomic E-state index is 3.92. The van der Waals surface area contributed by atoms with Gasteiger partial charge in [0.2, 0.25) is 0 Å². The normalized spacial score (nSPS) is 9.00. The minimum atomic E-state index is 0. The van der Waals surface area contributed by atoms with E-state index in [-0.39, 0.29) is 26.9 Å². The molecule has 0 aliphatic heterocycles. The summed E-state index contributed by atoms with van der Waals surface area (Å²) in [7, 11) is 3.74. The van der Waals surface area contributed by atoms with Crippen molar-refractivity contribution in [2.75, 3.05) is 14.1 Å². The van der Waals surface area contributed by atoms with E-state index in [1.165, 1.54) is 0 Å². The zero-order chi connectivity index (χ0) is 5.86. The maximum atomic E-state index is 3.92. The van der Waals surface area contributed by atoms with Crippen LogP contribution in [0.1, 0.15) is 6.92 Å². The Morgan fingerprint density at radius 1 is 1.44 bits per heavy atom. The summed E-state index contributed by atoms with van der Waals surface area (Å²) in [5.74, 6) is 0. The van der Waals surface area contributed by atoms with Gasteiger partial charge in [0, 0.05) is 14.1 Å². The number of hydrogen-bond acceptors (Lipinski definition) is 2. The predicted molar refractivity (Wildman–Crippen MR) is 40.0 cm³/mol. The van der Waals surface area contributed by atoms with Crippen molar-refractivity contribution in [3.05, 3.63) is 14.4 Å². The molecule has 2 nitrogen and oxygen atoms in total. The van der Waals surface area contributed by atoms with Gasteiger partial charge in [-0.05, 0) is 0 Å². The molecule has 0 amide bonds. The third-order valence-electron chi connectivity index (χ3n) is 0.371. The van der Waals surface area contributed by atoms with Crippen molar-refractivity contribution >= 4 is 5.71 Å². The summed E-state index contributed by atoms with van der Waals surface area (Å²) >= 11 is 0. The van der Waals surface area contributed by atoms with Crippen LogP contribution in [0, 0.1) is 14.4 Å². The van der Waals surface area contributed by atoms with E-state index in [1.807, 2.05) is 21.0 Å². The molecule has 0 aliphatic carbocycles. The van der Waals surface area contributed by atoms with Gasteiger partial charge < -0.3 is 19.4 Å². The van der Waals surface area contributed by atoms with Crippen LogP contribution in [0.15, 0.2) is 5.10 Å². The molecule has 0 N–H and O–H groups in total. The van der Waals surface area contributed by atoms with Gasteiger partial charge in [-0.1, -0.05) is 6.92 Å². The van der Waals surface area contributed by atoms with Crippen LogP contribution in [0.25, 0.3) is 0 Å². The first kappa shape index (κ1) is 16.0. The van der Waals surface area contributed by atoms with E-state index >= 15 is 0 Å². The zero-order valence-electron chi connectivity index (χ0n) is 6.48. The van der Waals surface area contributed by atoms with E-state index in [1.54, 1.807) is 5.01 Å². The molecule has 0 aromatic rings. The van der Waals surface area contributed by atoms with Gasteiger partial charge in [0.1, 0.15) is 0 Å². The van der Waals surface area contributed by atoms with Crippen LogP contribution < -0.4 is 0 Å². The van der Waals surface area contributed by atoms with Crippen LogP contribution >= 0.6 is 0 Å². The molecule has 9 heavy (non-hydrogen) atoms. The van der Waals surface area contributed by atoms with Gasteiger partial charge in [0.15, 0.2) is 0 Å². The summed E-state index contributed by atoms with van der Waals surface area (Å²) in [6, 6.07) is 0. The molecule has 0 unspecified atom stereocenters. The first-order chi connectivity index (χ1) is 3.13. The van der Waals surface area contributed by atoms with Gasteiger partial charge in [-0.15, -0.1) is 5.71 Å². The van der Waals surface area contributed by atoms with E-state index in [0.717, 1.165) is 5.71 Å². The van der Waals surface area contributed by atoms with Crippen molar-refractivity contribution < 1.29 is 19.5 Å². The molecule has 0 aromatic carbocycles. The van der Waals surface area contributed by atoms with E-state index in [9.17, 15) is 0 Å². The van der Waals surface area contributed by atoms with Gasteiger partial charge in [0.25, 0.3) is 0 Å². The van der Waals surface area contributed by atoms with Crippen molar-refractivity contribution in [1.29, 1.82) is 0 Å². The monoisotopic (exact) mass is 217 g/mol. The summed E-state index contributed by atoms with van der Waals surface area (Å²) in [6.07, 6.45) is 0.